The van der Waals surface area contributed by atoms with Gasteiger partial charge >= 0.3 is 0 Å². The Hall–Kier alpha value is -2.05. The summed E-state index contributed by atoms with van der Waals surface area (Å²) in [4.78, 5) is 14.7. The molecule has 2 aromatic rings. The van der Waals surface area contributed by atoms with E-state index >= 15 is 0 Å². The first kappa shape index (κ1) is 21.7. The Bertz CT molecular complexity index is 926. The van der Waals surface area contributed by atoms with Crippen LogP contribution in [-0.4, -0.2) is 38.9 Å². The molecule has 0 aromatic heterocycles. The Morgan fingerprint density at radius 1 is 1.03 bits per heavy atom. The van der Waals surface area contributed by atoms with Crippen LogP contribution in [0.4, 0.5) is 11.4 Å². The van der Waals surface area contributed by atoms with Gasteiger partial charge in [-0.25, -0.2) is 8.42 Å². The van der Waals surface area contributed by atoms with Crippen molar-refractivity contribution in [3.8, 4) is 0 Å². The molecular weight excluding hydrogens is 408 g/mol. The molecule has 29 heavy (non-hydrogen) atoms. The maximum atomic E-state index is 12.5. The summed E-state index contributed by atoms with van der Waals surface area (Å²) < 4.78 is 24.8. The fourth-order valence-electron chi connectivity index (χ4n) is 3.62. The number of rotatable bonds is 8. The molecule has 1 amide bonds. The summed E-state index contributed by atoms with van der Waals surface area (Å²) in [6.07, 6.45) is 4.58. The number of anilines is 2. The van der Waals surface area contributed by atoms with Crippen molar-refractivity contribution in [2.24, 2.45) is 0 Å². The minimum atomic E-state index is -3.48. The van der Waals surface area contributed by atoms with Gasteiger partial charge < -0.3 is 10.2 Å². The second kappa shape index (κ2) is 10.1. The summed E-state index contributed by atoms with van der Waals surface area (Å²) in [6.45, 7) is 1.84. The van der Waals surface area contributed by atoms with Gasteiger partial charge in [-0.3, -0.25) is 4.79 Å². The van der Waals surface area contributed by atoms with Gasteiger partial charge in [-0.1, -0.05) is 41.9 Å². The average molecular weight is 435 g/mol. The molecule has 156 valence electrons. The van der Waals surface area contributed by atoms with E-state index in [-0.39, 0.29) is 5.75 Å². The van der Waals surface area contributed by atoms with Crippen LogP contribution in [0.3, 0.4) is 0 Å². The van der Waals surface area contributed by atoms with Gasteiger partial charge in [-0.05, 0) is 55.9 Å². The number of piperidine rings is 1. The van der Waals surface area contributed by atoms with Crippen LogP contribution in [-0.2, 0) is 21.1 Å². The number of benzene rings is 2. The first-order valence-corrected chi connectivity index (χ1v) is 12.2. The Labute approximate surface area is 178 Å². The van der Waals surface area contributed by atoms with Gasteiger partial charge in [0.15, 0.2) is 9.84 Å². The van der Waals surface area contributed by atoms with Gasteiger partial charge in [0.25, 0.3) is 0 Å². The number of hydrogen-bond donors (Lipinski definition) is 1. The lowest BCUT2D eigenvalue weighted by Crippen LogP contribution is -2.31. The number of halogens is 1. The summed E-state index contributed by atoms with van der Waals surface area (Å²) in [5.41, 5.74) is 2.56. The predicted octanol–water partition coefficient (Wildman–Crippen LogP) is 4.32. The maximum absolute atomic E-state index is 12.5. The largest absolute Gasteiger partial charge is 0.370 e. The molecule has 3 rings (SSSR count). The zero-order valence-corrected chi connectivity index (χ0v) is 18.0. The second-order valence-electron chi connectivity index (χ2n) is 7.44. The molecule has 1 fully saturated rings. The lowest BCUT2D eigenvalue weighted by Gasteiger charge is -2.30. The summed E-state index contributed by atoms with van der Waals surface area (Å²) in [5, 5.41) is 3.27. The summed E-state index contributed by atoms with van der Waals surface area (Å²) in [5.74, 6) is -1.05. The minimum absolute atomic E-state index is 0.0101. The first-order valence-electron chi connectivity index (χ1n) is 10.0. The molecule has 0 saturated carbocycles. The normalized spacial score (nSPS) is 14.6. The molecule has 5 nitrogen and oxygen atoms in total. The van der Waals surface area contributed by atoms with E-state index in [9.17, 15) is 13.2 Å². The number of hydrogen-bond acceptors (Lipinski definition) is 4. The van der Waals surface area contributed by atoms with Crippen LogP contribution in [0.15, 0.2) is 48.5 Å². The number of carbonyl (C=O) groups excluding carboxylic acids is 1. The van der Waals surface area contributed by atoms with Crippen LogP contribution in [0.2, 0.25) is 5.02 Å². The van der Waals surface area contributed by atoms with Crippen LogP contribution < -0.4 is 10.2 Å². The molecule has 1 aliphatic heterocycles. The van der Waals surface area contributed by atoms with Crippen molar-refractivity contribution < 1.29 is 13.2 Å². The highest BCUT2D eigenvalue weighted by Crippen LogP contribution is 2.31. The van der Waals surface area contributed by atoms with Crippen LogP contribution in [0.25, 0.3) is 0 Å². The van der Waals surface area contributed by atoms with Crippen LogP contribution in [0.1, 0.15) is 31.2 Å². The Balaban J connectivity index is 1.58. The third-order valence-corrected chi connectivity index (χ3v) is 6.89. The quantitative estimate of drug-likeness (QED) is 0.672. The molecule has 0 bridgehead atoms. The van der Waals surface area contributed by atoms with Crippen molar-refractivity contribution in [3.05, 3.63) is 59.1 Å². The lowest BCUT2D eigenvalue weighted by atomic mass is 10.1. The topological polar surface area (TPSA) is 66.5 Å². The van der Waals surface area contributed by atoms with Gasteiger partial charge in [-0.15, -0.1) is 0 Å². The molecule has 1 saturated heterocycles. The highest BCUT2D eigenvalue weighted by molar-refractivity contribution is 7.92. The van der Waals surface area contributed by atoms with Crippen molar-refractivity contribution in [2.75, 3.05) is 34.8 Å². The Morgan fingerprint density at radius 2 is 1.76 bits per heavy atom. The van der Waals surface area contributed by atoms with Crippen molar-refractivity contribution in [1.29, 1.82) is 0 Å². The number of nitrogens with zero attached hydrogens (tertiary/aromatic N) is 1. The van der Waals surface area contributed by atoms with Gasteiger partial charge in [0.2, 0.25) is 5.91 Å². The molecule has 1 aliphatic rings. The van der Waals surface area contributed by atoms with E-state index in [1.165, 1.54) is 6.42 Å². The molecule has 0 radical (unpaired) electrons. The zero-order chi connectivity index (χ0) is 20.7. The molecule has 1 N–H and O–H groups in total. The SMILES string of the molecule is O=C(CS(=O)(=O)CCCc1ccccc1)Nc1cc(Cl)ccc1N1CCCCC1. The Morgan fingerprint density at radius 3 is 2.48 bits per heavy atom. The zero-order valence-electron chi connectivity index (χ0n) is 16.4. The Kier molecular flexibility index (Phi) is 7.56. The summed E-state index contributed by atoms with van der Waals surface area (Å²) in [6, 6.07) is 15.1. The number of aryl methyl sites for hydroxylation is 1. The van der Waals surface area contributed by atoms with E-state index in [0.717, 1.165) is 37.2 Å². The van der Waals surface area contributed by atoms with Gasteiger partial charge in [0.05, 0.1) is 17.1 Å². The fourth-order valence-corrected chi connectivity index (χ4v) is 4.99. The van der Waals surface area contributed by atoms with Crippen LogP contribution >= 0.6 is 11.6 Å². The van der Waals surface area contributed by atoms with Crippen LogP contribution in [0.5, 0.6) is 0 Å². The predicted molar refractivity (Wildman–Crippen MR) is 120 cm³/mol. The van der Waals surface area contributed by atoms with Crippen molar-refractivity contribution in [2.45, 2.75) is 32.1 Å². The molecule has 0 spiro atoms. The van der Waals surface area contributed by atoms with Crippen LogP contribution in [0, 0.1) is 0 Å². The van der Waals surface area contributed by atoms with Gasteiger partial charge in [0, 0.05) is 18.1 Å². The van der Waals surface area contributed by atoms with Gasteiger partial charge in [-0.2, -0.15) is 0 Å². The van der Waals surface area contributed by atoms with E-state index in [1.807, 2.05) is 36.4 Å². The summed E-state index contributed by atoms with van der Waals surface area (Å²) >= 11 is 6.11. The standard InChI is InChI=1S/C22H27ClN2O3S/c23-19-11-12-21(25-13-5-2-6-14-25)20(16-19)24-22(26)17-29(27,28)15-7-10-18-8-3-1-4-9-18/h1,3-4,8-9,11-12,16H,2,5-7,10,13-15,17H2,(H,24,26). The van der Waals surface area contributed by atoms with Crippen molar-refractivity contribution in [3.63, 3.8) is 0 Å². The first-order chi connectivity index (χ1) is 13.9. The average Bonchev–Trinajstić information content (AvgIpc) is 2.69. The van der Waals surface area contributed by atoms with E-state index in [2.05, 4.69) is 10.2 Å². The van der Waals surface area contributed by atoms with Gasteiger partial charge in [0.1, 0.15) is 5.75 Å². The molecular formula is C22H27ClN2O3S. The second-order valence-corrected chi connectivity index (χ2v) is 10.1. The highest BCUT2D eigenvalue weighted by Gasteiger charge is 2.20. The fraction of sp³-hybridized carbons (Fsp3) is 0.409. The van der Waals surface area contributed by atoms with E-state index < -0.39 is 21.5 Å². The molecule has 0 aliphatic carbocycles. The molecule has 1 heterocycles. The summed E-state index contributed by atoms with van der Waals surface area (Å²) in [7, 11) is -3.48. The number of sulfone groups is 1. The van der Waals surface area contributed by atoms with Crippen molar-refractivity contribution in [1.82, 2.24) is 0 Å². The van der Waals surface area contributed by atoms with Crippen molar-refractivity contribution >= 4 is 38.7 Å². The lowest BCUT2D eigenvalue weighted by molar-refractivity contribution is -0.113. The monoisotopic (exact) mass is 434 g/mol. The molecule has 0 atom stereocenters. The van der Waals surface area contributed by atoms with E-state index in [0.29, 0.717) is 23.6 Å². The highest BCUT2D eigenvalue weighted by atomic mass is 35.5. The molecule has 2 aromatic carbocycles. The van der Waals surface area contributed by atoms with E-state index in [1.54, 1.807) is 12.1 Å². The number of nitrogens with one attached hydrogen (secondary N) is 1. The van der Waals surface area contributed by atoms with E-state index in [4.69, 9.17) is 11.6 Å². The maximum Gasteiger partial charge on any atom is 0.239 e. The smallest absolute Gasteiger partial charge is 0.239 e. The third kappa shape index (κ3) is 6.75. The third-order valence-electron chi connectivity index (χ3n) is 5.04. The molecule has 7 heteroatoms. The molecule has 0 unspecified atom stereocenters. The minimum Gasteiger partial charge on any atom is -0.370 e. The number of amides is 1. The number of carbonyl (C=O) groups is 1.